The third-order valence-corrected chi connectivity index (χ3v) is 9.54. The van der Waals surface area contributed by atoms with Gasteiger partial charge < -0.3 is 0 Å². The molecule has 1 aliphatic carbocycles. The highest BCUT2D eigenvalue weighted by Gasteiger charge is 2.18. The molecule has 6 aromatic rings. The molecule has 236 valence electrons. The number of allylic oxidation sites excluding steroid dienone is 11. The Morgan fingerprint density at radius 3 is 1.65 bits per heavy atom. The lowest BCUT2D eigenvalue weighted by Gasteiger charge is -2.19. The summed E-state index contributed by atoms with van der Waals surface area (Å²) in [7, 11) is 0. The zero-order valence-corrected chi connectivity index (χ0v) is 28.3. The van der Waals surface area contributed by atoms with Gasteiger partial charge in [0.25, 0.3) is 0 Å². The van der Waals surface area contributed by atoms with Gasteiger partial charge >= 0.3 is 0 Å². The van der Waals surface area contributed by atoms with Crippen LogP contribution < -0.4 is 0 Å². The smallest absolute Gasteiger partial charge is 0.00261 e. The molecule has 49 heavy (non-hydrogen) atoms. The fraction of sp³-hybridized carbons (Fsp3) is 0.0612. The summed E-state index contributed by atoms with van der Waals surface area (Å²) < 4.78 is 0. The van der Waals surface area contributed by atoms with E-state index < -0.39 is 0 Å². The van der Waals surface area contributed by atoms with Crippen molar-refractivity contribution in [3.05, 3.63) is 210 Å². The van der Waals surface area contributed by atoms with Crippen LogP contribution in [-0.4, -0.2) is 0 Å². The number of fused-ring (bicyclic) bond motifs is 2. The maximum atomic E-state index is 4.52. The van der Waals surface area contributed by atoms with Crippen LogP contribution >= 0.6 is 0 Å². The van der Waals surface area contributed by atoms with E-state index in [0.29, 0.717) is 0 Å². The summed E-state index contributed by atoms with van der Waals surface area (Å²) >= 11 is 0. The fourth-order valence-corrected chi connectivity index (χ4v) is 6.75. The van der Waals surface area contributed by atoms with Gasteiger partial charge in [0.1, 0.15) is 0 Å². The van der Waals surface area contributed by atoms with Crippen molar-refractivity contribution in [3.63, 3.8) is 0 Å². The molecule has 6 aromatic carbocycles. The molecule has 0 saturated heterocycles. The zero-order chi connectivity index (χ0) is 33.7. The normalized spacial score (nSPS) is 13.2. The molecule has 0 atom stereocenters. The van der Waals surface area contributed by atoms with Crippen molar-refractivity contribution in [1.82, 2.24) is 0 Å². The molecule has 0 amide bonds. The minimum absolute atomic E-state index is 0.961. The first-order valence-electron chi connectivity index (χ1n) is 17.0. The second-order valence-corrected chi connectivity index (χ2v) is 12.8. The highest BCUT2D eigenvalue weighted by molar-refractivity contribution is 6.22. The van der Waals surface area contributed by atoms with Crippen molar-refractivity contribution in [1.29, 1.82) is 0 Å². The molecular formula is C49H40. The number of hydrogen-bond acceptors (Lipinski definition) is 0. The zero-order valence-electron chi connectivity index (χ0n) is 28.3. The molecule has 0 fully saturated rings. The van der Waals surface area contributed by atoms with Gasteiger partial charge in [-0.15, -0.1) is 0 Å². The van der Waals surface area contributed by atoms with Crippen molar-refractivity contribution in [2.45, 2.75) is 20.3 Å². The molecule has 0 N–H and O–H groups in total. The molecule has 0 saturated carbocycles. The molecule has 0 aliphatic heterocycles. The highest BCUT2D eigenvalue weighted by atomic mass is 14.2. The predicted octanol–water partition coefficient (Wildman–Crippen LogP) is 13.8. The number of aryl methyl sites for hydroxylation is 1. The largest absolute Gasteiger partial charge is 0.0912 e. The van der Waals surface area contributed by atoms with E-state index in [2.05, 4.69) is 197 Å². The van der Waals surface area contributed by atoms with Crippen LogP contribution in [0, 0.1) is 6.92 Å². The van der Waals surface area contributed by atoms with Gasteiger partial charge in [0, 0.05) is 0 Å². The van der Waals surface area contributed by atoms with E-state index in [4.69, 9.17) is 0 Å². The molecule has 7 rings (SSSR count). The maximum absolute atomic E-state index is 4.52. The Hall–Kier alpha value is -5.98. The van der Waals surface area contributed by atoms with Crippen LogP contribution in [0.5, 0.6) is 0 Å². The van der Waals surface area contributed by atoms with Crippen LogP contribution in [0.15, 0.2) is 188 Å². The Morgan fingerprint density at radius 1 is 0.551 bits per heavy atom. The second-order valence-electron chi connectivity index (χ2n) is 12.8. The summed E-state index contributed by atoms with van der Waals surface area (Å²) in [6.07, 6.45) is 18.2. The Labute approximate surface area is 290 Å². The Balaban J connectivity index is 1.43. The minimum atomic E-state index is 0.961. The van der Waals surface area contributed by atoms with Crippen LogP contribution in [0.2, 0.25) is 0 Å². The van der Waals surface area contributed by atoms with E-state index in [9.17, 15) is 0 Å². The van der Waals surface area contributed by atoms with E-state index in [1.54, 1.807) is 0 Å². The Kier molecular flexibility index (Phi) is 9.04. The van der Waals surface area contributed by atoms with Gasteiger partial charge in [-0.25, -0.2) is 0 Å². The molecule has 0 spiro atoms. The van der Waals surface area contributed by atoms with Crippen molar-refractivity contribution in [2.24, 2.45) is 0 Å². The standard InChI is InChI=1S/C49H40/c1-34-16-8-5-9-18-38(34)26-24-36(3)42-28-30-44-46(32-42)48(40-20-10-6-11-21-40)45-31-29-43(33-47(45)49(44)41-22-12-7-13-23-41)37(4)25-27-39-19-15-14-17-35(39)2/h5-15,17-33H,3-4,16H2,1-2H3/b26-24-,27-25-. The van der Waals surface area contributed by atoms with Crippen LogP contribution in [0.25, 0.3) is 61.0 Å². The SMILES string of the molecule is C=C(/C=C\C1=C(C)CC=CC=C1)c1ccc2c(-c3ccccc3)c3cc(C(=C)/C=C\c4ccccc4C)ccc3c(-c3ccccc3)c2c1. The van der Waals surface area contributed by atoms with Crippen LogP contribution in [0.3, 0.4) is 0 Å². The van der Waals surface area contributed by atoms with Gasteiger partial charge in [-0.3, -0.25) is 0 Å². The minimum Gasteiger partial charge on any atom is -0.0912 e. The quantitative estimate of drug-likeness (QED) is 0.116. The third kappa shape index (κ3) is 6.59. The van der Waals surface area contributed by atoms with Gasteiger partial charge in [0.2, 0.25) is 0 Å². The molecular weight excluding hydrogens is 589 g/mol. The van der Waals surface area contributed by atoms with E-state index in [1.165, 1.54) is 66.1 Å². The van der Waals surface area contributed by atoms with Gasteiger partial charge in [-0.1, -0.05) is 177 Å². The van der Waals surface area contributed by atoms with Crippen LogP contribution in [0.4, 0.5) is 0 Å². The lowest BCUT2D eigenvalue weighted by atomic mass is 9.84. The second kappa shape index (κ2) is 14.0. The molecule has 0 heterocycles. The Bertz CT molecular complexity index is 2370. The lowest BCUT2D eigenvalue weighted by Crippen LogP contribution is -1.93. The maximum Gasteiger partial charge on any atom is -0.00261 e. The van der Waals surface area contributed by atoms with E-state index in [1.807, 2.05) is 0 Å². The number of benzene rings is 6. The molecule has 1 aliphatic rings. The van der Waals surface area contributed by atoms with E-state index in [0.717, 1.165) is 28.7 Å². The summed E-state index contributed by atoms with van der Waals surface area (Å²) in [6.45, 7) is 13.4. The van der Waals surface area contributed by atoms with Crippen LogP contribution in [0.1, 0.15) is 35.6 Å². The van der Waals surface area contributed by atoms with Gasteiger partial charge in [-0.2, -0.15) is 0 Å². The van der Waals surface area contributed by atoms with Crippen molar-refractivity contribution in [3.8, 4) is 22.3 Å². The number of hydrogen-bond donors (Lipinski definition) is 0. The van der Waals surface area contributed by atoms with E-state index >= 15 is 0 Å². The van der Waals surface area contributed by atoms with Gasteiger partial charge in [-0.05, 0) is 115 Å². The first-order chi connectivity index (χ1) is 24.0. The average Bonchev–Trinajstić information content (AvgIpc) is 3.35. The lowest BCUT2D eigenvalue weighted by molar-refractivity contribution is 1.19. The molecule has 0 radical (unpaired) electrons. The summed E-state index contributed by atoms with van der Waals surface area (Å²) in [5, 5.41) is 4.85. The fourth-order valence-electron chi connectivity index (χ4n) is 6.75. The first-order valence-corrected chi connectivity index (χ1v) is 17.0. The van der Waals surface area contributed by atoms with Gasteiger partial charge in [0.05, 0.1) is 0 Å². The van der Waals surface area contributed by atoms with Crippen LogP contribution in [-0.2, 0) is 0 Å². The third-order valence-electron chi connectivity index (χ3n) is 9.54. The molecule has 0 heteroatoms. The molecule has 0 nitrogen and oxygen atoms in total. The first kappa shape index (κ1) is 31.6. The molecule has 0 unspecified atom stereocenters. The average molecular weight is 629 g/mol. The molecule has 0 aromatic heterocycles. The van der Waals surface area contributed by atoms with E-state index in [-0.39, 0.29) is 0 Å². The van der Waals surface area contributed by atoms with Crippen molar-refractivity contribution < 1.29 is 0 Å². The van der Waals surface area contributed by atoms with Crippen molar-refractivity contribution in [2.75, 3.05) is 0 Å². The number of rotatable bonds is 8. The predicted molar refractivity (Wildman–Crippen MR) is 215 cm³/mol. The summed E-state index contributed by atoms with van der Waals surface area (Å²) in [5.41, 5.74) is 14.1. The monoisotopic (exact) mass is 628 g/mol. The Morgan fingerprint density at radius 2 is 1.08 bits per heavy atom. The topological polar surface area (TPSA) is 0 Å². The summed E-state index contributed by atoms with van der Waals surface area (Å²) in [4.78, 5) is 0. The summed E-state index contributed by atoms with van der Waals surface area (Å²) in [6, 6.07) is 43.7. The summed E-state index contributed by atoms with van der Waals surface area (Å²) in [5.74, 6) is 0. The van der Waals surface area contributed by atoms with Crippen molar-refractivity contribution >= 4 is 38.8 Å². The highest BCUT2D eigenvalue weighted by Crippen LogP contribution is 2.45. The van der Waals surface area contributed by atoms with Gasteiger partial charge in [0.15, 0.2) is 0 Å². The molecule has 0 bridgehead atoms.